The van der Waals surface area contributed by atoms with E-state index in [1.165, 1.54) is 77.2 Å². The third-order valence-electron chi connectivity index (χ3n) is 9.02. The molecule has 0 aliphatic rings. The van der Waals surface area contributed by atoms with E-state index in [1.54, 1.807) is 0 Å². The van der Waals surface area contributed by atoms with Crippen LogP contribution in [0, 0.1) is 0 Å². The van der Waals surface area contributed by atoms with Gasteiger partial charge >= 0.3 is 0 Å². The Hall–Kier alpha value is -6.24. The second kappa shape index (κ2) is 13.2. The molecule has 8 rings (SSSR count). The molecule has 0 unspecified atom stereocenters. The summed E-state index contributed by atoms with van der Waals surface area (Å²) in [6.45, 7) is 0. The Labute approximate surface area is 282 Å². The van der Waals surface area contributed by atoms with Crippen molar-refractivity contribution in [2.45, 2.75) is 0 Å². The Morgan fingerprint density at radius 3 is 0.896 bits per heavy atom. The largest absolute Gasteiger partial charge is 0.0622 e. The van der Waals surface area contributed by atoms with E-state index in [9.17, 15) is 0 Å². The van der Waals surface area contributed by atoms with Crippen molar-refractivity contribution >= 4 is 44.8 Å². The predicted molar refractivity (Wildman–Crippen MR) is 207 cm³/mol. The maximum absolute atomic E-state index is 2.31. The SMILES string of the molecule is C(=C(c1ccccc1)c1ccccc1)c1ccc2cc(-c3ccc4cc(C=C(c5ccccc5)c5ccccc5)ccc4c3)ccc2c1. The van der Waals surface area contributed by atoms with Gasteiger partial charge in [0.25, 0.3) is 0 Å². The first-order valence-electron chi connectivity index (χ1n) is 16.5. The highest BCUT2D eigenvalue weighted by atomic mass is 14.1. The van der Waals surface area contributed by atoms with Crippen molar-refractivity contribution in [2.24, 2.45) is 0 Å². The van der Waals surface area contributed by atoms with Gasteiger partial charge in [-0.1, -0.05) is 170 Å². The fourth-order valence-electron chi connectivity index (χ4n) is 6.54. The van der Waals surface area contributed by atoms with E-state index in [-0.39, 0.29) is 0 Å². The van der Waals surface area contributed by atoms with Crippen molar-refractivity contribution in [3.8, 4) is 11.1 Å². The Morgan fingerprint density at radius 2 is 0.562 bits per heavy atom. The zero-order chi connectivity index (χ0) is 32.1. The van der Waals surface area contributed by atoms with Crippen LogP contribution in [0.4, 0.5) is 0 Å². The van der Waals surface area contributed by atoms with E-state index in [4.69, 9.17) is 0 Å². The van der Waals surface area contributed by atoms with Crippen molar-refractivity contribution in [1.82, 2.24) is 0 Å². The standard InChI is InChI=1S/C48H34/c1-5-13-37(14-6-1)47(38-15-7-2-8-16-38)31-35-21-23-43-33-45(27-25-41(43)29-35)46-28-26-42-30-36(22-24-44(42)34-46)32-48(39-17-9-3-10-18-39)40-19-11-4-12-20-40/h1-34H. The summed E-state index contributed by atoms with van der Waals surface area (Å²) < 4.78 is 0. The molecule has 48 heavy (non-hydrogen) atoms. The third-order valence-corrected chi connectivity index (χ3v) is 9.02. The van der Waals surface area contributed by atoms with Crippen LogP contribution in [0.5, 0.6) is 0 Å². The molecule has 0 aliphatic heterocycles. The number of benzene rings is 8. The number of rotatable bonds is 7. The lowest BCUT2D eigenvalue weighted by Crippen LogP contribution is -1.88. The molecule has 0 aromatic heterocycles. The number of fused-ring (bicyclic) bond motifs is 2. The molecule has 0 heteroatoms. The third kappa shape index (κ3) is 6.25. The van der Waals surface area contributed by atoms with Gasteiger partial charge in [0.2, 0.25) is 0 Å². The summed E-state index contributed by atoms with van der Waals surface area (Å²) >= 11 is 0. The fraction of sp³-hybridized carbons (Fsp3) is 0. The minimum absolute atomic E-state index is 1.19. The number of hydrogen-bond acceptors (Lipinski definition) is 0. The monoisotopic (exact) mass is 610 g/mol. The molecule has 0 radical (unpaired) electrons. The second-order valence-corrected chi connectivity index (χ2v) is 12.2. The molecule has 0 fully saturated rings. The van der Waals surface area contributed by atoms with Gasteiger partial charge < -0.3 is 0 Å². The van der Waals surface area contributed by atoms with Crippen LogP contribution in [0.1, 0.15) is 33.4 Å². The first kappa shape index (κ1) is 29.2. The molecule has 0 amide bonds. The summed E-state index contributed by atoms with van der Waals surface area (Å²) in [5.74, 6) is 0. The molecule has 0 heterocycles. The maximum atomic E-state index is 2.31. The molecule has 0 bridgehead atoms. The molecular formula is C48H34. The van der Waals surface area contributed by atoms with Crippen LogP contribution in [-0.2, 0) is 0 Å². The molecule has 8 aromatic rings. The van der Waals surface area contributed by atoms with Gasteiger partial charge in [-0.3, -0.25) is 0 Å². The van der Waals surface area contributed by atoms with E-state index in [2.05, 4.69) is 206 Å². The Kier molecular flexibility index (Phi) is 8.05. The van der Waals surface area contributed by atoms with Crippen LogP contribution in [0.3, 0.4) is 0 Å². The van der Waals surface area contributed by atoms with Gasteiger partial charge in [0.05, 0.1) is 0 Å². The van der Waals surface area contributed by atoms with Crippen molar-refractivity contribution < 1.29 is 0 Å². The second-order valence-electron chi connectivity index (χ2n) is 12.2. The van der Waals surface area contributed by atoms with Crippen molar-refractivity contribution in [3.05, 3.63) is 228 Å². The average molecular weight is 611 g/mol. The molecule has 0 atom stereocenters. The molecule has 0 nitrogen and oxygen atoms in total. The van der Waals surface area contributed by atoms with Crippen LogP contribution in [0.2, 0.25) is 0 Å². The zero-order valence-corrected chi connectivity index (χ0v) is 26.6. The lowest BCUT2D eigenvalue weighted by Gasteiger charge is -2.11. The normalized spacial score (nSPS) is 10.9. The molecule has 0 saturated heterocycles. The van der Waals surface area contributed by atoms with Crippen molar-refractivity contribution in [1.29, 1.82) is 0 Å². The summed E-state index contributed by atoms with van der Waals surface area (Å²) in [7, 11) is 0. The number of hydrogen-bond donors (Lipinski definition) is 0. The van der Waals surface area contributed by atoms with Gasteiger partial charge in [-0.05, 0) is 114 Å². The molecule has 0 N–H and O–H groups in total. The predicted octanol–water partition coefficient (Wildman–Crippen LogP) is 12.8. The van der Waals surface area contributed by atoms with Gasteiger partial charge in [-0.15, -0.1) is 0 Å². The van der Waals surface area contributed by atoms with Crippen LogP contribution < -0.4 is 0 Å². The van der Waals surface area contributed by atoms with Crippen LogP contribution in [0.15, 0.2) is 194 Å². The van der Waals surface area contributed by atoms with Gasteiger partial charge in [0.1, 0.15) is 0 Å². The lowest BCUT2D eigenvalue weighted by molar-refractivity contribution is 1.55. The van der Waals surface area contributed by atoms with Gasteiger partial charge in [-0.2, -0.15) is 0 Å². The topological polar surface area (TPSA) is 0 Å². The van der Waals surface area contributed by atoms with E-state index in [0.717, 1.165) is 0 Å². The summed E-state index contributed by atoms with van der Waals surface area (Å²) in [5.41, 5.74) is 12.1. The molecular weight excluding hydrogens is 577 g/mol. The van der Waals surface area contributed by atoms with E-state index >= 15 is 0 Å². The maximum Gasteiger partial charge on any atom is -0.0105 e. The van der Waals surface area contributed by atoms with Crippen LogP contribution >= 0.6 is 0 Å². The minimum Gasteiger partial charge on any atom is -0.0622 e. The van der Waals surface area contributed by atoms with Gasteiger partial charge in [0.15, 0.2) is 0 Å². The minimum atomic E-state index is 1.19. The highest BCUT2D eigenvalue weighted by Crippen LogP contribution is 2.32. The zero-order valence-electron chi connectivity index (χ0n) is 26.6. The Bertz CT molecular complexity index is 2140. The Balaban J connectivity index is 1.10. The molecule has 0 aliphatic carbocycles. The first-order chi connectivity index (χ1) is 23.8. The molecule has 8 aromatic carbocycles. The highest BCUT2D eigenvalue weighted by Gasteiger charge is 2.08. The van der Waals surface area contributed by atoms with Crippen LogP contribution in [-0.4, -0.2) is 0 Å². The van der Waals surface area contributed by atoms with E-state index in [0.29, 0.717) is 0 Å². The lowest BCUT2D eigenvalue weighted by atomic mass is 9.93. The van der Waals surface area contributed by atoms with Crippen molar-refractivity contribution in [3.63, 3.8) is 0 Å². The fourth-order valence-corrected chi connectivity index (χ4v) is 6.54. The summed E-state index contributed by atoms with van der Waals surface area (Å²) in [4.78, 5) is 0. The van der Waals surface area contributed by atoms with Gasteiger partial charge in [0, 0.05) is 0 Å². The van der Waals surface area contributed by atoms with Gasteiger partial charge in [-0.25, -0.2) is 0 Å². The summed E-state index contributed by atoms with van der Waals surface area (Å²) in [6, 6.07) is 69.7. The smallest absolute Gasteiger partial charge is 0.0105 e. The summed E-state index contributed by atoms with van der Waals surface area (Å²) in [6.07, 6.45) is 4.60. The molecule has 0 saturated carbocycles. The van der Waals surface area contributed by atoms with Crippen LogP contribution in [0.25, 0.3) is 56.0 Å². The molecule has 0 spiro atoms. The van der Waals surface area contributed by atoms with Crippen molar-refractivity contribution in [2.75, 3.05) is 0 Å². The highest BCUT2D eigenvalue weighted by molar-refractivity contribution is 5.97. The van der Waals surface area contributed by atoms with E-state index < -0.39 is 0 Å². The van der Waals surface area contributed by atoms with E-state index in [1.807, 2.05) is 0 Å². The summed E-state index contributed by atoms with van der Waals surface area (Å²) in [5, 5.41) is 4.94. The average Bonchev–Trinajstić information content (AvgIpc) is 3.17. The molecule has 226 valence electrons. The first-order valence-corrected chi connectivity index (χ1v) is 16.5. The quantitative estimate of drug-likeness (QED) is 0.158. The Morgan fingerprint density at radius 1 is 0.271 bits per heavy atom.